The number of aromatic nitrogens is 2. The molecule has 0 N–H and O–H groups in total. The van der Waals surface area contributed by atoms with E-state index in [-0.39, 0.29) is 0 Å². The lowest BCUT2D eigenvalue weighted by Crippen LogP contribution is -2.10. The van der Waals surface area contributed by atoms with Gasteiger partial charge in [0.1, 0.15) is 17.2 Å². The molecule has 0 radical (unpaired) electrons. The van der Waals surface area contributed by atoms with Crippen molar-refractivity contribution in [3.8, 4) is 28.6 Å². The molecule has 2 aliphatic carbocycles. The normalized spacial score (nSPS) is 15.4. The molecule has 0 spiro atoms. The number of rotatable bonds is 3. The molecule has 1 atom stereocenters. The smallest absolute Gasteiger partial charge is 0.136 e. The van der Waals surface area contributed by atoms with E-state index in [2.05, 4.69) is 125 Å². The zero-order valence-corrected chi connectivity index (χ0v) is 26.6. The van der Waals surface area contributed by atoms with E-state index in [0.29, 0.717) is 11.5 Å². The molecule has 0 saturated heterocycles. The van der Waals surface area contributed by atoms with Gasteiger partial charge in [-0.2, -0.15) is 5.26 Å². The van der Waals surface area contributed by atoms with Crippen LogP contribution < -0.4 is 0 Å². The minimum Gasteiger partial charge on any atom is -0.456 e. The van der Waals surface area contributed by atoms with Gasteiger partial charge in [-0.1, -0.05) is 85.8 Å². The second kappa shape index (κ2) is 10.2. The first-order chi connectivity index (χ1) is 23.7. The van der Waals surface area contributed by atoms with Gasteiger partial charge in [-0.3, -0.25) is 0 Å². The number of para-hydroxylation sites is 3. The monoisotopic (exact) mass is 617 g/mol. The lowest BCUT2D eigenvalue weighted by molar-refractivity contribution is 0.669. The van der Waals surface area contributed by atoms with Gasteiger partial charge in [0, 0.05) is 49.7 Å². The lowest BCUT2D eigenvalue weighted by Gasteiger charge is -2.21. The Morgan fingerprint density at radius 2 is 1.58 bits per heavy atom. The summed E-state index contributed by atoms with van der Waals surface area (Å²) in [5.41, 5.74) is 14.2. The molecular weight excluding hydrogens is 587 g/mol. The second-order valence-corrected chi connectivity index (χ2v) is 13.2. The van der Waals surface area contributed by atoms with Crippen LogP contribution in [0.2, 0.25) is 0 Å². The van der Waals surface area contributed by atoms with Crippen LogP contribution >= 0.6 is 0 Å². The van der Waals surface area contributed by atoms with Crippen molar-refractivity contribution in [1.29, 1.82) is 5.26 Å². The first-order valence-corrected chi connectivity index (χ1v) is 16.8. The maximum atomic E-state index is 10.4. The van der Waals surface area contributed by atoms with Crippen LogP contribution in [0.15, 0.2) is 120 Å². The third-order valence-corrected chi connectivity index (χ3v) is 10.4. The molecule has 2 aliphatic rings. The number of furan rings is 1. The molecular formula is C44H31N3O. The van der Waals surface area contributed by atoms with E-state index in [0.717, 1.165) is 69.2 Å². The maximum Gasteiger partial charge on any atom is 0.136 e. The molecule has 5 aromatic carbocycles. The zero-order valence-electron chi connectivity index (χ0n) is 26.6. The first kappa shape index (κ1) is 27.1. The Labute approximate surface area is 278 Å². The largest absolute Gasteiger partial charge is 0.456 e. The van der Waals surface area contributed by atoms with E-state index >= 15 is 0 Å². The maximum absolute atomic E-state index is 10.4. The number of allylic oxidation sites excluding steroid dienone is 2. The molecule has 0 bridgehead atoms. The number of aryl methyl sites for hydroxylation is 1. The number of nitrogens with zero attached hydrogens (tertiary/aromatic N) is 3. The topological polar surface area (TPSA) is 46.8 Å². The average molecular weight is 618 g/mol. The van der Waals surface area contributed by atoms with Crippen molar-refractivity contribution < 1.29 is 4.42 Å². The molecule has 3 aromatic heterocycles. The predicted octanol–water partition coefficient (Wildman–Crippen LogP) is 11.2. The summed E-state index contributed by atoms with van der Waals surface area (Å²) in [7, 11) is 0. The van der Waals surface area contributed by atoms with Gasteiger partial charge in [0.2, 0.25) is 0 Å². The predicted molar refractivity (Wildman–Crippen MR) is 197 cm³/mol. The minimum atomic E-state index is 0.426. The van der Waals surface area contributed by atoms with Crippen LogP contribution in [-0.2, 0) is 12.8 Å². The molecule has 0 aliphatic heterocycles. The van der Waals surface area contributed by atoms with E-state index < -0.39 is 0 Å². The van der Waals surface area contributed by atoms with Crippen LogP contribution in [0.5, 0.6) is 0 Å². The molecule has 48 heavy (non-hydrogen) atoms. The highest BCUT2D eigenvalue weighted by Crippen LogP contribution is 2.42. The van der Waals surface area contributed by atoms with Crippen LogP contribution in [0, 0.1) is 17.2 Å². The first-order valence-electron chi connectivity index (χ1n) is 16.8. The molecule has 3 heterocycles. The van der Waals surface area contributed by atoms with Crippen molar-refractivity contribution in [2.45, 2.75) is 26.2 Å². The van der Waals surface area contributed by atoms with Gasteiger partial charge >= 0.3 is 0 Å². The standard InChI is InChI=1S/C44H31N3O/c1-27-17-22-34-32-10-2-6-15-39(32)47(40(34)23-27)44-29(26-45)9-8-13-31(44)28-18-20-30(21-19-28)46-38-14-5-3-11-33(38)36-25-43-37(24-41(36)46)35-12-4-7-16-42(35)48-43/h2,4-10,12-22,24-25,27H,3,11,23H2,1H3. The third kappa shape index (κ3) is 3.82. The summed E-state index contributed by atoms with van der Waals surface area (Å²) >= 11 is 0. The number of nitriles is 1. The molecule has 10 rings (SSSR count). The number of hydrogen-bond acceptors (Lipinski definition) is 2. The van der Waals surface area contributed by atoms with Crippen molar-refractivity contribution >= 4 is 55.9 Å². The van der Waals surface area contributed by atoms with Gasteiger partial charge < -0.3 is 13.6 Å². The number of fused-ring (bicyclic) bond motifs is 9. The Morgan fingerprint density at radius 3 is 2.46 bits per heavy atom. The highest BCUT2D eigenvalue weighted by Gasteiger charge is 2.25. The van der Waals surface area contributed by atoms with E-state index in [4.69, 9.17) is 4.42 Å². The van der Waals surface area contributed by atoms with E-state index in [9.17, 15) is 5.26 Å². The van der Waals surface area contributed by atoms with Crippen LogP contribution in [-0.4, -0.2) is 9.13 Å². The fourth-order valence-corrected chi connectivity index (χ4v) is 8.22. The minimum absolute atomic E-state index is 0.426. The van der Waals surface area contributed by atoms with Gasteiger partial charge in [0.05, 0.1) is 22.3 Å². The van der Waals surface area contributed by atoms with E-state index in [1.54, 1.807) is 0 Å². The summed E-state index contributed by atoms with van der Waals surface area (Å²) < 4.78 is 11.1. The summed E-state index contributed by atoms with van der Waals surface area (Å²) in [6, 6.07) is 39.0. The third-order valence-electron chi connectivity index (χ3n) is 10.4. The molecule has 4 nitrogen and oxygen atoms in total. The average Bonchev–Trinajstić information content (AvgIpc) is 3.77. The van der Waals surface area contributed by atoms with Crippen molar-refractivity contribution in [2.75, 3.05) is 0 Å². The summed E-state index contributed by atoms with van der Waals surface area (Å²) in [5, 5.41) is 15.2. The molecule has 0 amide bonds. The Hall–Kier alpha value is -6.05. The van der Waals surface area contributed by atoms with E-state index in [1.807, 2.05) is 24.3 Å². The van der Waals surface area contributed by atoms with Crippen LogP contribution in [0.4, 0.5) is 0 Å². The summed E-state index contributed by atoms with van der Waals surface area (Å²) in [5.74, 6) is 0.426. The molecule has 4 heteroatoms. The van der Waals surface area contributed by atoms with Crippen LogP contribution in [0.25, 0.3) is 78.4 Å². The Morgan fingerprint density at radius 1 is 0.750 bits per heavy atom. The SMILES string of the molecule is CC1C=Cc2c(n(-c3c(C#N)cccc3-c3ccc(-n4c5c(c6cc7oc8ccccc8c7cc64)CCC=C5)cc3)c3ccccc23)C1. The van der Waals surface area contributed by atoms with Crippen molar-refractivity contribution in [1.82, 2.24) is 9.13 Å². The van der Waals surface area contributed by atoms with Gasteiger partial charge in [0.15, 0.2) is 0 Å². The highest BCUT2D eigenvalue weighted by atomic mass is 16.3. The molecule has 228 valence electrons. The van der Waals surface area contributed by atoms with Crippen LogP contribution in [0.1, 0.15) is 41.4 Å². The summed E-state index contributed by atoms with van der Waals surface area (Å²) in [6.45, 7) is 2.26. The van der Waals surface area contributed by atoms with E-state index in [1.165, 1.54) is 38.8 Å². The zero-order chi connectivity index (χ0) is 31.9. The Balaban J connectivity index is 1.17. The molecule has 8 aromatic rings. The summed E-state index contributed by atoms with van der Waals surface area (Å²) in [6.07, 6.45) is 12.1. The van der Waals surface area contributed by atoms with Gasteiger partial charge in [-0.05, 0) is 84.8 Å². The van der Waals surface area contributed by atoms with Crippen molar-refractivity contribution in [2.24, 2.45) is 5.92 Å². The van der Waals surface area contributed by atoms with Gasteiger partial charge in [0.25, 0.3) is 0 Å². The fourth-order valence-electron chi connectivity index (χ4n) is 8.22. The Bertz CT molecular complexity index is 2720. The van der Waals surface area contributed by atoms with Crippen LogP contribution in [0.3, 0.4) is 0 Å². The number of hydrogen-bond donors (Lipinski definition) is 0. The quantitative estimate of drug-likeness (QED) is 0.198. The van der Waals surface area contributed by atoms with Crippen molar-refractivity contribution in [3.05, 3.63) is 143 Å². The fraction of sp³-hybridized carbons (Fsp3) is 0.114. The molecule has 0 fully saturated rings. The highest BCUT2D eigenvalue weighted by molar-refractivity contribution is 6.11. The second-order valence-electron chi connectivity index (χ2n) is 13.2. The lowest BCUT2D eigenvalue weighted by atomic mass is 9.94. The molecule has 0 saturated carbocycles. The van der Waals surface area contributed by atoms with Gasteiger partial charge in [-0.15, -0.1) is 0 Å². The van der Waals surface area contributed by atoms with Crippen molar-refractivity contribution in [3.63, 3.8) is 0 Å². The van der Waals surface area contributed by atoms with Gasteiger partial charge in [-0.25, -0.2) is 0 Å². The molecule has 1 unspecified atom stereocenters. The summed E-state index contributed by atoms with van der Waals surface area (Å²) in [4.78, 5) is 0. The Kier molecular flexibility index (Phi) is 5.77. The number of benzene rings is 5.